The van der Waals surface area contributed by atoms with Crippen molar-refractivity contribution in [3.8, 4) is 11.1 Å². The summed E-state index contributed by atoms with van der Waals surface area (Å²) in [7, 11) is 1.33. The molecule has 0 saturated carbocycles. The lowest BCUT2D eigenvalue weighted by Crippen LogP contribution is -2.20. The van der Waals surface area contributed by atoms with Crippen molar-refractivity contribution < 1.29 is 14.6 Å². The molecule has 0 aromatic heterocycles. The van der Waals surface area contributed by atoms with E-state index in [1.807, 2.05) is 36.4 Å². The van der Waals surface area contributed by atoms with Gasteiger partial charge >= 0.3 is 5.97 Å². The van der Waals surface area contributed by atoms with Crippen LogP contribution in [0.2, 0.25) is 0 Å². The van der Waals surface area contributed by atoms with E-state index in [4.69, 9.17) is 0 Å². The second-order valence-corrected chi connectivity index (χ2v) is 5.94. The van der Waals surface area contributed by atoms with Gasteiger partial charge in [0.2, 0.25) is 0 Å². The Morgan fingerprint density at radius 3 is 2.21 bits per heavy atom. The first-order valence-corrected chi connectivity index (χ1v) is 7.95. The Balaban J connectivity index is 1.86. The summed E-state index contributed by atoms with van der Waals surface area (Å²) in [5.41, 5.74) is 2.90. The third-order valence-corrected chi connectivity index (χ3v) is 4.38. The van der Waals surface area contributed by atoms with Crippen LogP contribution in [0, 0.1) is 5.92 Å². The molecule has 1 N–H and O–H groups in total. The lowest BCUT2D eigenvalue weighted by molar-refractivity contribution is -0.148. The highest BCUT2D eigenvalue weighted by atomic mass is 16.5. The number of carbonyl (C=O) groups is 1. The molecule has 0 amide bonds. The maximum Gasteiger partial charge on any atom is 0.311 e. The molecule has 0 aliphatic rings. The van der Waals surface area contributed by atoms with Crippen LogP contribution in [0.4, 0.5) is 0 Å². The molecular weight excluding hydrogens is 300 g/mol. The van der Waals surface area contributed by atoms with Crippen LogP contribution < -0.4 is 0 Å². The highest BCUT2D eigenvalue weighted by Gasteiger charge is 2.24. The van der Waals surface area contributed by atoms with Gasteiger partial charge in [0.1, 0.15) is 0 Å². The first-order valence-electron chi connectivity index (χ1n) is 7.95. The van der Waals surface area contributed by atoms with Gasteiger partial charge in [-0.15, -0.1) is 0 Å². The summed E-state index contributed by atoms with van der Waals surface area (Å²) in [6.45, 7) is 1.66. The predicted octanol–water partition coefficient (Wildman–Crippen LogP) is 4.35. The van der Waals surface area contributed by atoms with Crippen LogP contribution in [0.5, 0.6) is 0 Å². The van der Waals surface area contributed by atoms with E-state index in [1.165, 1.54) is 17.9 Å². The van der Waals surface area contributed by atoms with Gasteiger partial charge in [-0.05, 0) is 40.5 Å². The Labute approximate surface area is 141 Å². The van der Waals surface area contributed by atoms with Gasteiger partial charge in [0, 0.05) is 0 Å². The second-order valence-electron chi connectivity index (χ2n) is 5.94. The van der Waals surface area contributed by atoms with Crippen LogP contribution in [0.25, 0.3) is 21.9 Å². The molecule has 2 unspecified atom stereocenters. The molecule has 122 valence electrons. The standard InChI is InChI=1S/C21H20O3/c1-14(21(23)24-2)20(22)17-10-7-16(8-11-17)19-12-9-15-5-3-4-6-18(15)13-19/h3-14,20,22H,1-2H3. The number of hydrogen-bond acceptors (Lipinski definition) is 3. The summed E-state index contributed by atoms with van der Waals surface area (Å²) in [5.74, 6) is -1.01. The van der Waals surface area contributed by atoms with E-state index < -0.39 is 18.0 Å². The first-order chi connectivity index (χ1) is 11.6. The molecule has 0 spiro atoms. The van der Waals surface area contributed by atoms with Gasteiger partial charge in [-0.25, -0.2) is 0 Å². The van der Waals surface area contributed by atoms with Gasteiger partial charge in [0.25, 0.3) is 0 Å². The molecule has 3 rings (SSSR count). The summed E-state index contributed by atoms with van der Waals surface area (Å²) in [6.07, 6.45) is -0.872. The van der Waals surface area contributed by atoms with E-state index >= 15 is 0 Å². The van der Waals surface area contributed by atoms with Crippen molar-refractivity contribution in [3.63, 3.8) is 0 Å². The van der Waals surface area contributed by atoms with Gasteiger partial charge in [-0.1, -0.05) is 60.7 Å². The number of aliphatic hydroxyl groups excluding tert-OH is 1. The zero-order chi connectivity index (χ0) is 17.1. The molecule has 0 bridgehead atoms. The number of aliphatic hydroxyl groups is 1. The zero-order valence-electron chi connectivity index (χ0n) is 13.8. The predicted molar refractivity (Wildman–Crippen MR) is 95.5 cm³/mol. The minimum Gasteiger partial charge on any atom is -0.469 e. The maximum atomic E-state index is 11.6. The second kappa shape index (κ2) is 6.85. The minimum atomic E-state index is -0.872. The largest absolute Gasteiger partial charge is 0.469 e. The molecule has 3 aromatic carbocycles. The Morgan fingerprint density at radius 1 is 0.917 bits per heavy atom. The topological polar surface area (TPSA) is 46.5 Å². The van der Waals surface area contributed by atoms with Gasteiger partial charge in [0.15, 0.2) is 0 Å². The van der Waals surface area contributed by atoms with Crippen molar-refractivity contribution in [2.24, 2.45) is 5.92 Å². The zero-order valence-corrected chi connectivity index (χ0v) is 13.8. The van der Waals surface area contributed by atoms with Crippen LogP contribution in [0.1, 0.15) is 18.6 Å². The van der Waals surface area contributed by atoms with Crippen LogP contribution in [0.15, 0.2) is 66.7 Å². The number of esters is 1. The third kappa shape index (κ3) is 3.17. The minimum absolute atomic E-state index is 0.416. The summed E-state index contributed by atoms with van der Waals surface area (Å²) in [5, 5.41) is 12.7. The quantitative estimate of drug-likeness (QED) is 0.727. The lowest BCUT2D eigenvalue weighted by Gasteiger charge is -2.17. The summed E-state index contributed by atoms with van der Waals surface area (Å²) >= 11 is 0. The van der Waals surface area contributed by atoms with Crippen molar-refractivity contribution in [3.05, 3.63) is 72.3 Å². The van der Waals surface area contributed by atoms with Crippen molar-refractivity contribution in [1.29, 1.82) is 0 Å². The molecule has 0 saturated heterocycles. The molecular formula is C21H20O3. The number of benzene rings is 3. The number of rotatable bonds is 4. The highest BCUT2D eigenvalue weighted by Crippen LogP contribution is 2.28. The number of ether oxygens (including phenoxy) is 1. The number of fused-ring (bicyclic) bond motifs is 1. The summed E-state index contributed by atoms with van der Waals surface area (Å²) in [4.78, 5) is 11.6. The van der Waals surface area contributed by atoms with E-state index in [2.05, 4.69) is 35.1 Å². The summed E-state index contributed by atoms with van der Waals surface area (Å²) < 4.78 is 4.69. The Hall–Kier alpha value is -2.65. The molecule has 0 fully saturated rings. The molecule has 2 atom stereocenters. The number of carbonyl (C=O) groups excluding carboxylic acids is 1. The van der Waals surface area contributed by atoms with Crippen molar-refractivity contribution in [2.75, 3.05) is 7.11 Å². The molecule has 3 aromatic rings. The third-order valence-electron chi connectivity index (χ3n) is 4.38. The van der Waals surface area contributed by atoms with Crippen molar-refractivity contribution in [1.82, 2.24) is 0 Å². The normalized spacial score (nSPS) is 13.5. The fourth-order valence-electron chi connectivity index (χ4n) is 2.85. The lowest BCUT2D eigenvalue weighted by atomic mass is 9.95. The Morgan fingerprint density at radius 2 is 1.54 bits per heavy atom. The van der Waals surface area contributed by atoms with Gasteiger partial charge in [-0.2, -0.15) is 0 Å². The van der Waals surface area contributed by atoms with Crippen molar-refractivity contribution >= 4 is 16.7 Å². The van der Waals surface area contributed by atoms with E-state index in [0.717, 1.165) is 11.1 Å². The highest BCUT2D eigenvalue weighted by molar-refractivity contribution is 5.87. The van der Waals surface area contributed by atoms with Crippen LogP contribution >= 0.6 is 0 Å². The molecule has 0 aliphatic heterocycles. The molecule has 24 heavy (non-hydrogen) atoms. The fraction of sp³-hybridized carbons (Fsp3) is 0.190. The maximum absolute atomic E-state index is 11.6. The van der Waals surface area contributed by atoms with Gasteiger partial charge in [0.05, 0.1) is 19.1 Å². The monoisotopic (exact) mass is 320 g/mol. The molecule has 0 heterocycles. The molecule has 3 heteroatoms. The average molecular weight is 320 g/mol. The van der Waals surface area contributed by atoms with E-state index in [-0.39, 0.29) is 0 Å². The van der Waals surface area contributed by atoms with E-state index in [1.54, 1.807) is 6.92 Å². The smallest absolute Gasteiger partial charge is 0.311 e. The SMILES string of the molecule is COC(=O)C(C)C(O)c1ccc(-c2ccc3ccccc3c2)cc1. The molecule has 0 aliphatic carbocycles. The Bertz CT molecular complexity index is 852. The summed E-state index contributed by atoms with van der Waals surface area (Å²) in [6, 6.07) is 22.2. The van der Waals surface area contributed by atoms with Crippen LogP contribution in [-0.4, -0.2) is 18.2 Å². The number of hydrogen-bond donors (Lipinski definition) is 1. The fourth-order valence-corrected chi connectivity index (χ4v) is 2.85. The van der Waals surface area contributed by atoms with E-state index in [9.17, 15) is 9.90 Å². The number of methoxy groups -OCH3 is 1. The van der Waals surface area contributed by atoms with Crippen molar-refractivity contribution in [2.45, 2.75) is 13.0 Å². The molecule has 0 radical (unpaired) electrons. The van der Waals surface area contributed by atoms with Crippen LogP contribution in [-0.2, 0) is 9.53 Å². The van der Waals surface area contributed by atoms with E-state index in [0.29, 0.717) is 5.56 Å². The van der Waals surface area contributed by atoms with Gasteiger partial charge in [-0.3, -0.25) is 4.79 Å². The van der Waals surface area contributed by atoms with Gasteiger partial charge < -0.3 is 9.84 Å². The first kappa shape index (κ1) is 16.2. The average Bonchev–Trinajstić information content (AvgIpc) is 2.66. The molecule has 3 nitrogen and oxygen atoms in total. The van der Waals surface area contributed by atoms with Crippen LogP contribution in [0.3, 0.4) is 0 Å². The Kier molecular flexibility index (Phi) is 4.63.